The molecule has 1 N–H and O–H groups in total. The van der Waals surface area contributed by atoms with Crippen LogP contribution in [0.2, 0.25) is 0 Å². The van der Waals surface area contributed by atoms with Crippen LogP contribution >= 0.6 is 0 Å². The highest BCUT2D eigenvalue weighted by Gasteiger charge is 2.32. The zero-order valence-electron chi connectivity index (χ0n) is 16.4. The molecule has 0 aromatic heterocycles. The highest BCUT2D eigenvalue weighted by molar-refractivity contribution is 7.89. The number of hydrogen-bond donors (Lipinski definition) is 1. The third-order valence-electron chi connectivity index (χ3n) is 5.16. The SMILES string of the molecule is O=C(c1ccccc1)C1CCN(C(=O)CNS(=O)(=O)c2cccc(C(F)(F)F)c2)CC1. The molecule has 0 spiro atoms. The monoisotopic (exact) mass is 454 g/mol. The number of amides is 1. The number of rotatable bonds is 6. The van der Waals surface area contributed by atoms with Gasteiger partial charge in [-0.15, -0.1) is 0 Å². The molecular weight excluding hydrogens is 433 g/mol. The van der Waals surface area contributed by atoms with Crippen LogP contribution in [0, 0.1) is 5.92 Å². The van der Waals surface area contributed by atoms with Crippen molar-refractivity contribution in [2.45, 2.75) is 23.9 Å². The van der Waals surface area contributed by atoms with Crippen LogP contribution in [0.3, 0.4) is 0 Å². The summed E-state index contributed by atoms with van der Waals surface area (Å²) in [4.78, 5) is 25.8. The summed E-state index contributed by atoms with van der Waals surface area (Å²) in [5.74, 6) is -0.702. The number of nitrogens with one attached hydrogen (secondary N) is 1. The first-order valence-corrected chi connectivity index (χ1v) is 11.1. The third-order valence-corrected chi connectivity index (χ3v) is 6.56. The van der Waals surface area contributed by atoms with Crippen molar-refractivity contribution in [1.82, 2.24) is 9.62 Å². The molecule has 10 heteroatoms. The van der Waals surface area contributed by atoms with Gasteiger partial charge in [0.15, 0.2) is 5.78 Å². The molecule has 1 fully saturated rings. The predicted molar refractivity (Wildman–Crippen MR) is 107 cm³/mol. The van der Waals surface area contributed by atoms with Gasteiger partial charge in [0, 0.05) is 24.6 Å². The maximum absolute atomic E-state index is 12.8. The Bertz CT molecular complexity index is 1050. The van der Waals surface area contributed by atoms with Crippen molar-refractivity contribution in [3.05, 3.63) is 65.7 Å². The lowest BCUT2D eigenvalue weighted by Gasteiger charge is -2.31. The van der Waals surface area contributed by atoms with Gasteiger partial charge in [-0.3, -0.25) is 9.59 Å². The van der Waals surface area contributed by atoms with E-state index >= 15 is 0 Å². The molecule has 166 valence electrons. The number of sulfonamides is 1. The second kappa shape index (κ2) is 9.19. The minimum absolute atomic E-state index is 0.0120. The Balaban J connectivity index is 1.55. The standard InChI is InChI=1S/C21H21F3N2O4S/c22-21(23,24)17-7-4-8-18(13-17)31(29,30)25-14-19(27)26-11-9-16(10-12-26)20(28)15-5-2-1-3-6-15/h1-8,13,16,25H,9-12,14H2. The maximum atomic E-state index is 12.8. The van der Waals surface area contributed by atoms with Gasteiger partial charge < -0.3 is 4.90 Å². The molecule has 0 atom stereocenters. The Morgan fingerprint density at radius 3 is 2.26 bits per heavy atom. The molecule has 0 unspecified atom stereocenters. The minimum Gasteiger partial charge on any atom is -0.342 e. The first kappa shape index (κ1) is 23.0. The molecule has 2 aromatic carbocycles. The number of halogens is 3. The van der Waals surface area contributed by atoms with Gasteiger partial charge in [0.05, 0.1) is 17.0 Å². The minimum atomic E-state index is -4.68. The van der Waals surface area contributed by atoms with Crippen molar-refractivity contribution >= 4 is 21.7 Å². The number of Topliss-reactive ketones (excluding diaryl/α,β-unsaturated/α-hetero) is 1. The van der Waals surface area contributed by atoms with E-state index in [2.05, 4.69) is 4.72 Å². The summed E-state index contributed by atoms with van der Waals surface area (Å²) in [6.07, 6.45) is -3.76. The first-order chi connectivity index (χ1) is 14.6. The Hall–Kier alpha value is -2.72. The lowest BCUT2D eigenvalue weighted by molar-refractivity contribution is -0.137. The average molecular weight is 454 g/mol. The molecule has 2 aromatic rings. The molecule has 1 aliphatic rings. The Morgan fingerprint density at radius 2 is 1.65 bits per heavy atom. The molecule has 6 nitrogen and oxygen atoms in total. The van der Waals surface area contributed by atoms with E-state index in [4.69, 9.17) is 0 Å². The molecule has 31 heavy (non-hydrogen) atoms. The van der Waals surface area contributed by atoms with E-state index in [-0.39, 0.29) is 11.7 Å². The molecule has 0 bridgehead atoms. The van der Waals surface area contributed by atoms with Gasteiger partial charge in [-0.25, -0.2) is 13.1 Å². The van der Waals surface area contributed by atoms with Crippen LogP contribution < -0.4 is 4.72 Å². The summed E-state index contributed by atoms with van der Waals surface area (Å²) >= 11 is 0. The summed E-state index contributed by atoms with van der Waals surface area (Å²) in [5.41, 5.74) is -0.479. The van der Waals surface area contributed by atoms with Gasteiger partial charge in [-0.2, -0.15) is 13.2 Å². The van der Waals surface area contributed by atoms with E-state index < -0.39 is 39.1 Å². The maximum Gasteiger partial charge on any atom is 0.416 e. The summed E-state index contributed by atoms with van der Waals surface area (Å²) in [5, 5.41) is 0. The van der Waals surface area contributed by atoms with E-state index in [0.29, 0.717) is 37.6 Å². The second-order valence-corrected chi connectivity index (χ2v) is 9.00. The van der Waals surface area contributed by atoms with E-state index in [1.54, 1.807) is 24.3 Å². The molecule has 0 radical (unpaired) electrons. The van der Waals surface area contributed by atoms with Crippen LogP contribution in [-0.4, -0.2) is 44.6 Å². The topological polar surface area (TPSA) is 83.6 Å². The van der Waals surface area contributed by atoms with Gasteiger partial charge in [0.25, 0.3) is 0 Å². The fourth-order valence-electron chi connectivity index (χ4n) is 3.42. The van der Waals surface area contributed by atoms with Gasteiger partial charge in [0.1, 0.15) is 0 Å². The van der Waals surface area contributed by atoms with E-state index in [1.807, 2.05) is 6.07 Å². The van der Waals surface area contributed by atoms with Crippen LogP contribution in [0.5, 0.6) is 0 Å². The second-order valence-electron chi connectivity index (χ2n) is 7.24. The third kappa shape index (κ3) is 5.71. The van der Waals surface area contributed by atoms with E-state index in [1.165, 1.54) is 4.90 Å². The normalized spacial score (nSPS) is 15.6. The number of nitrogens with zero attached hydrogens (tertiary/aromatic N) is 1. The molecule has 1 amide bonds. The molecular formula is C21H21F3N2O4S. The van der Waals surface area contributed by atoms with Crippen LogP contribution in [0.15, 0.2) is 59.5 Å². The summed E-state index contributed by atoms with van der Waals surface area (Å²) in [7, 11) is -4.29. The molecule has 0 saturated carbocycles. The zero-order chi connectivity index (χ0) is 22.6. The number of benzene rings is 2. The van der Waals surface area contributed by atoms with Crippen LogP contribution in [0.4, 0.5) is 13.2 Å². The largest absolute Gasteiger partial charge is 0.416 e. The van der Waals surface area contributed by atoms with Crippen molar-refractivity contribution in [2.24, 2.45) is 5.92 Å². The average Bonchev–Trinajstić information content (AvgIpc) is 2.77. The van der Waals surface area contributed by atoms with Crippen LogP contribution in [0.1, 0.15) is 28.8 Å². The van der Waals surface area contributed by atoms with Crippen molar-refractivity contribution < 1.29 is 31.2 Å². The van der Waals surface area contributed by atoms with Crippen molar-refractivity contribution in [3.63, 3.8) is 0 Å². The lowest BCUT2D eigenvalue weighted by Crippen LogP contribution is -2.45. The number of piperidine rings is 1. The number of alkyl halides is 3. The summed E-state index contributed by atoms with van der Waals surface area (Å²) < 4.78 is 65.1. The quantitative estimate of drug-likeness (QED) is 0.680. The fraction of sp³-hybridized carbons (Fsp3) is 0.333. The Kier molecular flexibility index (Phi) is 6.80. The van der Waals surface area contributed by atoms with Gasteiger partial charge in [0.2, 0.25) is 15.9 Å². The van der Waals surface area contributed by atoms with Gasteiger partial charge in [-0.1, -0.05) is 36.4 Å². The lowest BCUT2D eigenvalue weighted by atomic mass is 9.89. The Labute approximate surface area is 178 Å². The molecule has 1 saturated heterocycles. The molecule has 1 heterocycles. The van der Waals surface area contributed by atoms with Gasteiger partial charge >= 0.3 is 6.18 Å². The molecule has 3 rings (SSSR count). The Morgan fingerprint density at radius 1 is 1.00 bits per heavy atom. The number of carbonyl (C=O) groups excluding carboxylic acids is 2. The van der Waals surface area contributed by atoms with Crippen LogP contribution in [0.25, 0.3) is 0 Å². The van der Waals surface area contributed by atoms with Gasteiger partial charge in [-0.05, 0) is 31.0 Å². The first-order valence-electron chi connectivity index (χ1n) is 9.62. The highest BCUT2D eigenvalue weighted by atomic mass is 32.2. The smallest absolute Gasteiger partial charge is 0.342 e. The van der Waals surface area contributed by atoms with Crippen LogP contribution in [-0.2, 0) is 21.0 Å². The fourth-order valence-corrected chi connectivity index (χ4v) is 4.44. The zero-order valence-corrected chi connectivity index (χ0v) is 17.2. The molecule has 1 aliphatic heterocycles. The van der Waals surface area contributed by atoms with Crippen molar-refractivity contribution in [3.8, 4) is 0 Å². The predicted octanol–water partition coefficient (Wildman–Crippen LogP) is 3.11. The highest BCUT2D eigenvalue weighted by Crippen LogP contribution is 2.30. The number of hydrogen-bond acceptors (Lipinski definition) is 4. The molecule has 0 aliphatic carbocycles. The van der Waals surface area contributed by atoms with Crippen molar-refractivity contribution in [1.29, 1.82) is 0 Å². The number of likely N-dealkylation sites (tertiary alicyclic amines) is 1. The van der Waals surface area contributed by atoms with E-state index in [9.17, 15) is 31.2 Å². The summed E-state index contributed by atoms with van der Waals surface area (Å²) in [6.45, 7) is 0.0244. The van der Waals surface area contributed by atoms with Crippen molar-refractivity contribution in [2.75, 3.05) is 19.6 Å². The number of ketones is 1. The van der Waals surface area contributed by atoms with E-state index in [0.717, 1.165) is 18.2 Å². The number of carbonyl (C=O) groups is 2. The summed E-state index contributed by atoms with van der Waals surface area (Å²) in [6, 6.07) is 12.2.